The third kappa shape index (κ3) is 4.15. The fourth-order valence-electron chi connectivity index (χ4n) is 1.62. The third-order valence-corrected chi connectivity index (χ3v) is 2.45. The van der Waals surface area contributed by atoms with Crippen molar-refractivity contribution in [2.45, 2.75) is 39.0 Å². The molecular formula is C13H18O2. The quantitative estimate of drug-likeness (QED) is 0.505. The number of para-hydroxylation sites is 1. The molecule has 0 fully saturated rings. The molecule has 0 radical (unpaired) electrons. The van der Waals surface area contributed by atoms with Crippen molar-refractivity contribution >= 4 is 6.47 Å². The molecule has 0 saturated carbocycles. The van der Waals surface area contributed by atoms with E-state index in [0.29, 0.717) is 12.2 Å². The summed E-state index contributed by atoms with van der Waals surface area (Å²) in [6.45, 7) is 2.69. The van der Waals surface area contributed by atoms with Crippen molar-refractivity contribution in [1.82, 2.24) is 0 Å². The minimum Gasteiger partial charge on any atom is -0.428 e. The van der Waals surface area contributed by atoms with Gasteiger partial charge in [-0.25, -0.2) is 0 Å². The Morgan fingerprint density at radius 1 is 1.20 bits per heavy atom. The Labute approximate surface area is 91.3 Å². The van der Waals surface area contributed by atoms with Gasteiger partial charge in [0.2, 0.25) is 0 Å². The second-order valence-electron chi connectivity index (χ2n) is 3.63. The van der Waals surface area contributed by atoms with Crippen LogP contribution in [0.1, 0.15) is 38.2 Å². The number of unbranched alkanes of at least 4 members (excludes halogenated alkanes) is 3. The molecule has 0 N–H and O–H groups in total. The molecule has 0 aromatic heterocycles. The zero-order valence-corrected chi connectivity index (χ0v) is 9.24. The highest BCUT2D eigenvalue weighted by Gasteiger charge is 2.01. The smallest absolute Gasteiger partial charge is 0.298 e. The van der Waals surface area contributed by atoms with Gasteiger partial charge in [0.05, 0.1) is 0 Å². The minimum absolute atomic E-state index is 0.491. The van der Waals surface area contributed by atoms with Crippen molar-refractivity contribution in [3.63, 3.8) is 0 Å². The maximum atomic E-state index is 10.3. The van der Waals surface area contributed by atoms with Gasteiger partial charge >= 0.3 is 0 Å². The highest BCUT2D eigenvalue weighted by Crippen LogP contribution is 2.19. The van der Waals surface area contributed by atoms with Crippen LogP contribution < -0.4 is 4.74 Å². The van der Waals surface area contributed by atoms with Crippen LogP contribution in [0.3, 0.4) is 0 Å². The van der Waals surface area contributed by atoms with Crippen LogP contribution >= 0.6 is 0 Å². The van der Waals surface area contributed by atoms with Crippen molar-refractivity contribution in [3.8, 4) is 5.75 Å². The van der Waals surface area contributed by atoms with Crippen molar-refractivity contribution in [2.75, 3.05) is 0 Å². The fourth-order valence-corrected chi connectivity index (χ4v) is 1.62. The predicted molar refractivity (Wildman–Crippen MR) is 61.0 cm³/mol. The molecule has 0 bridgehead atoms. The molecule has 15 heavy (non-hydrogen) atoms. The first-order valence-corrected chi connectivity index (χ1v) is 5.56. The Morgan fingerprint density at radius 3 is 2.73 bits per heavy atom. The number of rotatable bonds is 7. The third-order valence-electron chi connectivity index (χ3n) is 2.45. The lowest BCUT2D eigenvalue weighted by Crippen LogP contribution is -1.94. The van der Waals surface area contributed by atoms with Gasteiger partial charge < -0.3 is 4.74 Å². The first kappa shape index (κ1) is 11.8. The van der Waals surface area contributed by atoms with E-state index in [-0.39, 0.29) is 0 Å². The topological polar surface area (TPSA) is 26.3 Å². The summed E-state index contributed by atoms with van der Waals surface area (Å²) in [6, 6.07) is 7.72. The zero-order valence-electron chi connectivity index (χ0n) is 9.24. The van der Waals surface area contributed by atoms with Crippen LogP contribution in [0.5, 0.6) is 5.75 Å². The van der Waals surface area contributed by atoms with E-state index < -0.39 is 0 Å². The molecule has 2 nitrogen and oxygen atoms in total. The number of hydrogen-bond acceptors (Lipinski definition) is 2. The lowest BCUT2D eigenvalue weighted by Gasteiger charge is -2.06. The molecule has 0 saturated heterocycles. The second kappa shape index (κ2) is 7.04. The maximum Gasteiger partial charge on any atom is 0.298 e. The van der Waals surface area contributed by atoms with E-state index in [1.54, 1.807) is 0 Å². The minimum atomic E-state index is 0.491. The predicted octanol–water partition coefficient (Wildman–Crippen LogP) is 3.34. The van der Waals surface area contributed by atoms with E-state index in [4.69, 9.17) is 4.74 Å². The summed E-state index contributed by atoms with van der Waals surface area (Å²) < 4.78 is 4.91. The van der Waals surface area contributed by atoms with E-state index in [0.717, 1.165) is 18.4 Å². The molecule has 0 aliphatic carbocycles. The van der Waals surface area contributed by atoms with Gasteiger partial charge in [-0.3, -0.25) is 4.79 Å². The Hall–Kier alpha value is -1.31. The van der Waals surface area contributed by atoms with E-state index >= 15 is 0 Å². The molecule has 0 amide bonds. The van der Waals surface area contributed by atoms with Crippen LogP contribution in [-0.2, 0) is 11.2 Å². The van der Waals surface area contributed by atoms with Crippen LogP contribution in [0.15, 0.2) is 24.3 Å². The molecule has 0 unspecified atom stereocenters. The molecule has 1 aromatic rings. The first-order valence-electron chi connectivity index (χ1n) is 5.56. The maximum absolute atomic E-state index is 10.3. The summed E-state index contributed by atoms with van der Waals surface area (Å²) >= 11 is 0. The number of ether oxygens (including phenoxy) is 1. The highest BCUT2D eigenvalue weighted by atomic mass is 16.5. The van der Waals surface area contributed by atoms with E-state index in [9.17, 15) is 4.79 Å². The van der Waals surface area contributed by atoms with E-state index in [1.165, 1.54) is 19.3 Å². The fraction of sp³-hybridized carbons (Fsp3) is 0.462. The molecule has 1 rings (SSSR count). The van der Waals surface area contributed by atoms with Crippen LogP contribution in [0.2, 0.25) is 0 Å². The largest absolute Gasteiger partial charge is 0.428 e. The van der Waals surface area contributed by atoms with Gasteiger partial charge in [-0.15, -0.1) is 0 Å². The van der Waals surface area contributed by atoms with Crippen LogP contribution in [0.4, 0.5) is 0 Å². The monoisotopic (exact) mass is 206 g/mol. The molecule has 1 aromatic carbocycles. The van der Waals surface area contributed by atoms with Crippen molar-refractivity contribution in [1.29, 1.82) is 0 Å². The molecule has 82 valence electrons. The standard InChI is InChI=1S/C13H18O2/c1-2-3-4-5-8-12-9-6-7-10-13(12)15-11-14/h6-7,9-11H,2-5,8H2,1H3. The number of benzene rings is 1. The van der Waals surface area contributed by atoms with Crippen LogP contribution in [-0.4, -0.2) is 6.47 Å². The summed E-state index contributed by atoms with van der Waals surface area (Å²) in [6.07, 6.45) is 5.91. The van der Waals surface area contributed by atoms with Crippen LogP contribution in [0.25, 0.3) is 0 Å². The summed E-state index contributed by atoms with van der Waals surface area (Å²) in [5.41, 5.74) is 1.13. The molecule has 0 spiro atoms. The van der Waals surface area contributed by atoms with Gasteiger partial charge in [0.25, 0.3) is 6.47 Å². The Balaban J connectivity index is 2.47. The number of carbonyl (C=O) groups excluding carboxylic acids is 1. The van der Waals surface area contributed by atoms with Gasteiger partial charge in [-0.05, 0) is 24.5 Å². The Bertz CT molecular complexity index is 294. The summed E-state index contributed by atoms with van der Waals surface area (Å²) in [4.78, 5) is 10.3. The number of carbonyl (C=O) groups is 1. The average molecular weight is 206 g/mol. The van der Waals surface area contributed by atoms with Gasteiger partial charge in [-0.2, -0.15) is 0 Å². The summed E-state index contributed by atoms with van der Waals surface area (Å²) in [5.74, 6) is 0.698. The van der Waals surface area contributed by atoms with Crippen LogP contribution in [0, 0.1) is 0 Å². The van der Waals surface area contributed by atoms with Crippen molar-refractivity contribution in [2.24, 2.45) is 0 Å². The molecule has 0 heterocycles. The summed E-state index contributed by atoms with van der Waals surface area (Å²) in [5, 5.41) is 0. The lowest BCUT2D eigenvalue weighted by atomic mass is 10.1. The van der Waals surface area contributed by atoms with E-state index in [2.05, 4.69) is 6.92 Å². The molecule has 0 aliphatic heterocycles. The van der Waals surface area contributed by atoms with Gasteiger partial charge in [0, 0.05) is 0 Å². The SMILES string of the molecule is CCCCCCc1ccccc1OC=O. The Morgan fingerprint density at radius 2 is 2.00 bits per heavy atom. The summed E-state index contributed by atoms with van der Waals surface area (Å²) in [7, 11) is 0. The molecular weight excluding hydrogens is 188 g/mol. The Kier molecular flexibility index (Phi) is 5.52. The zero-order chi connectivity index (χ0) is 10.9. The normalized spacial score (nSPS) is 9.93. The number of aryl methyl sites for hydroxylation is 1. The second-order valence-corrected chi connectivity index (χ2v) is 3.63. The van der Waals surface area contributed by atoms with Gasteiger partial charge in [-0.1, -0.05) is 44.4 Å². The highest BCUT2D eigenvalue weighted by molar-refractivity contribution is 5.47. The molecule has 2 heteroatoms. The van der Waals surface area contributed by atoms with Crippen molar-refractivity contribution in [3.05, 3.63) is 29.8 Å². The molecule has 0 atom stereocenters. The van der Waals surface area contributed by atoms with E-state index in [1.807, 2.05) is 24.3 Å². The first-order chi connectivity index (χ1) is 7.38. The van der Waals surface area contributed by atoms with Gasteiger partial charge in [0.1, 0.15) is 5.75 Å². The van der Waals surface area contributed by atoms with Crippen molar-refractivity contribution < 1.29 is 9.53 Å². The lowest BCUT2D eigenvalue weighted by molar-refractivity contribution is -0.120. The molecule has 0 aliphatic rings. The number of hydrogen-bond donors (Lipinski definition) is 0. The van der Waals surface area contributed by atoms with Gasteiger partial charge in [0.15, 0.2) is 0 Å². The average Bonchev–Trinajstić information content (AvgIpc) is 2.27.